The van der Waals surface area contributed by atoms with Crippen molar-refractivity contribution < 1.29 is 21.6 Å². The topological polar surface area (TPSA) is 101 Å². The van der Waals surface area contributed by atoms with Gasteiger partial charge in [0.15, 0.2) is 9.84 Å². The lowest BCUT2D eigenvalue weighted by atomic mass is 10.2. The van der Waals surface area contributed by atoms with Crippen LogP contribution in [-0.2, 0) is 24.7 Å². The van der Waals surface area contributed by atoms with Crippen molar-refractivity contribution in [2.75, 3.05) is 18.8 Å². The van der Waals surface area contributed by atoms with Gasteiger partial charge in [-0.05, 0) is 56.0 Å². The predicted octanol–water partition coefficient (Wildman–Crippen LogP) is 2.05. The quantitative estimate of drug-likeness (QED) is 0.696. The third-order valence-electron chi connectivity index (χ3n) is 5.26. The Bertz CT molecular complexity index is 1130. The Morgan fingerprint density at radius 2 is 1.77 bits per heavy atom. The first kappa shape index (κ1) is 22.5. The molecule has 0 aromatic heterocycles. The van der Waals surface area contributed by atoms with Gasteiger partial charge in [0.25, 0.3) is 0 Å². The van der Waals surface area contributed by atoms with Crippen LogP contribution in [0.5, 0.6) is 0 Å². The SMILES string of the molecule is Cc1ccc(C)c(S(=O)(=O)NCC(=O)N2CCCC2CS(=O)(=O)c2ccccc2)c1. The molecular weight excluding hydrogens is 424 g/mol. The van der Waals surface area contributed by atoms with Crippen molar-refractivity contribution in [3.05, 3.63) is 59.7 Å². The Hall–Kier alpha value is -2.23. The summed E-state index contributed by atoms with van der Waals surface area (Å²) in [5, 5.41) is 0. The third-order valence-corrected chi connectivity index (χ3v) is 8.62. The molecule has 1 unspecified atom stereocenters. The van der Waals surface area contributed by atoms with E-state index in [1.807, 2.05) is 6.07 Å². The van der Waals surface area contributed by atoms with Crippen molar-refractivity contribution in [1.82, 2.24) is 9.62 Å². The summed E-state index contributed by atoms with van der Waals surface area (Å²) in [5.74, 6) is -0.596. The van der Waals surface area contributed by atoms with Crippen molar-refractivity contribution in [3.8, 4) is 0 Å². The number of nitrogens with one attached hydrogen (secondary N) is 1. The smallest absolute Gasteiger partial charge is 0.241 e. The molecule has 2 aromatic rings. The van der Waals surface area contributed by atoms with Gasteiger partial charge < -0.3 is 4.90 Å². The van der Waals surface area contributed by atoms with Gasteiger partial charge in [0.2, 0.25) is 15.9 Å². The Labute approximate surface area is 178 Å². The summed E-state index contributed by atoms with van der Waals surface area (Å²) >= 11 is 0. The minimum atomic E-state index is -3.85. The van der Waals surface area contributed by atoms with Crippen LogP contribution >= 0.6 is 0 Å². The molecule has 0 bridgehead atoms. The van der Waals surface area contributed by atoms with Crippen LogP contribution in [0.25, 0.3) is 0 Å². The van der Waals surface area contributed by atoms with Gasteiger partial charge in [0.05, 0.1) is 22.1 Å². The zero-order valence-electron chi connectivity index (χ0n) is 17.0. The first-order chi connectivity index (χ1) is 14.1. The highest BCUT2D eigenvalue weighted by Crippen LogP contribution is 2.22. The summed E-state index contributed by atoms with van der Waals surface area (Å²) in [6.45, 7) is 3.50. The van der Waals surface area contributed by atoms with Crippen LogP contribution in [0.4, 0.5) is 0 Å². The minimum Gasteiger partial charge on any atom is -0.338 e. The number of hydrogen-bond acceptors (Lipinski definition) is 5. The molecule has 1 fully saturated rings. The lowest BCUT2D eigenvalue weighted by Crippen LogP contribution is -2.44. The van der Waals surface area contributed by atoms with Crippen LogP contribution in [0.2, 0.25) is 0 Å². The second-order valence-electron chi connectivity index (χ2n) is 7.57. The van der Waals surface area contributed by atoms with Crippen LogP contribution in [0.1, 0.15) is 24.0 Å². The number of amides is 1. The summed E-state index contributed by atoms with van der Waals surface area (Å²) in [6.07, 6.45) is 1.26. The van der Waals surface area contributed by atoms with Crippen molar-refractivity contribution in [1.29, 1.82) is 0 Å². The molecule has 9 heteroatoms. The molecule has 1 aliphatic heterocycles. The highest BCUT2D eigenvalue weighted by molar-refractivity contribution is 7.91. The van der Waals surface area contributed by atoms with Gasteiger partial charge in [0.1, 0.15) is 0 Å². The second-order valence-corrected chi connectivity index (χ2v) is 11.3. The molecule has 1 saturated heterocycles. The average Bonchev–Trinajstić information content (AvgIpc) is 3.16. The second kappa shape index (κ2) is 8.87. The molecule has 0 saturated carbocycles. The molecular formula is C21H26N2O5S2. The van der Waals surface area contributed by atoms with E-state index in [4.69, 9.17) is 0 Å². The summed E-state index contributed by atoms with van der Waals surface area (Å²) in [4.78, 5) is 14.6. The predicted molar refractivity (Wildman–Crippen MR) is 114 cm³/mol. The standard InChI is InChI=1S/C21H26N2O5S2/c1-16-10-11-17(2)20(13-16)30(27,28)22-14-21(24)23-12-6-7-18(23)15-29(25,26)19-8-4-3-5-9-19/h3-5,8-11,13,18,22H,6-7,12,14-15H2,1-2H3. The number of sulfonamides is 1. The van der Waals surface area contributed by atoms with Crippen molar-refractivity contribution >= 4 is 25.8 Å². The van der Waals surface area contributed by atoms with E-state index in [1.54, 1.807) is 44.2 Å². The Kier molecular flexibility index (Phi) is 6.64. The lowest BCUT2D eigenvalue weighted by Gasteiger charge is -2.25. The molecule has 30 heavy (non-hydrogen) atoms. The minimum absolute atomic E-state index is 0.139. The first-order valence-corrected chi connectivity index (χ1v) is 12.9. The Morgan fingerprint density at radius 3 is 2.47 bits per heavy atom. The number of benzene rings is 2. The van der Waals surface area contributed by atoms with Gasteiger partial charge in [-0.2, -0.15) is 0 Å². The van der Waals surface area contributed by atoms with E-state index in [1.165, 1.54) is 17.0 Å². The van der Waals surface area contributed by atoms with E-state index >= 15 is 0 Å². The lowest BCUT2D eigenvalue weighted by molar-refractivity contribution is -0.130. The Morgan fingerprint density at radius 1 is 1.07 bits per heavy atom. The van der Waals surface area contributed by atoms with Gasteiger partial charge in [-0.3, -0.25) is 4.79 Å². The van der Waals surface area contributed by atoms with Gasteiger partial charge >= 0.3 is 0 Å². The zero-order chi connectivity index (χ0) is 21.9. The summed E-state index contributed by atoms with van der Waals surface area (Å²) in [6, 6.07) is 12.8. The number of aryl methyl sites for hydroxylation is 2. The number of hydrogen-bond donors (Lipinski definition) is 1. The Balaban J connectivity index is 1.68. The van der Waals surface area contributed by atoms with Crippen LogP contribution in [0.3, 0.4) is 0 Å². The summed E-state index contributed by atoms with van der Waals surface area (Å²) < 4.78 is 53.0. The molecule has 1 amide bonds. The van der Waals surface area contributed by atoms with E-state index < -0.39 is 38.4 Å². The van der Waals surface area contributed by atoms with E-state index in [9.17, 15) is 21.6 Å². The van der Waals surface area contributed by atoms with Crippen molar-refractivity contribution in [2.24, 2.45) is 0 Å². The average molecular weight is 451 g/mol. The van der Waals surface area contributed by atoms with Gasteiger partial charge in [0, 0.05) is 12.6 Å². The zero-order valence-corrected chi connectivity index (χ0v) is 18.7. The van der Waals surface area contributed by atoms with Crippen LogP contribution in [0, 0.1) is 13.8 Å². The molecule has 7 nitrogen and oxygen atoms in total. The molecule has 162 valence electrons. The molecule has 1 aliphatic rings. The maximum atomic E-state index is 12.7. The highest BCUT2D eigenvalue weighted by Gasteiger charge is 2.33. The van der Waals surface area contributed by atoms with Crippen molar-refractivity contribution in [2.45, 2.75) is 42.5 Å². The summed E-state index contributed by atoms with van der Waals surface area (Å²) in [5.41, 5.74) is 1.39. The number of nitrogens with zero attached hydrogens (tertiary/aromatic N) is 1. The number of rotatable bonds is 7. The molecule has 0 radical (unpaired) electrons. The maximum Gasteiger partial charge on any atom is 0.241 e. The van der Waals surface area contributed by atoms with Crippen LogP contribution in [0.15, 0.2) is 58.3 Å². The first-order valence-electron chi connectivity index (χ1n) is 9.74. The van der Waals surface area contributed by atoms with Gasteiger partial charge in [-0.15, -0.1) is 0 Å². The molecule has 1 N–H and O–H groups in total. The van der Waals surface area contributed by atoms with Gasteiger partial charge in [-0.1, -0.05) is 30.3 Å². The molecule has 1 atom stereocenters. The molecule has 2 aromatic carbocycles. The fourth-order valence-corrected chi connectivity index (χ4v) is 6.57. The molecule has 1 heterocycles. The number of likely N-dealkylation sites (tertiary alicyclic amines) is 1. The fraction of sp³-hybridized carbons (Fsp3) is 0.381. The van der Waals surface area contributed by atoms with E-state index in [0.717, 1.165) is 5.56 Å². The van der Waals surface area contributed by atoms with E-state index in [2.05, 4.69) is 4.72 Å². The van der Waals surface area contributed by atoms with Crippen LogP contribution < -0.4 is 4.72 Å². The highest BCUT2D eigenvalue weighted by atomic mass is 32.2. The summed E-state index contributed by atoms with van der Waals surface area (Å²) in [7, 11) is -7.39. The monoisotopic (exact) mass is 450 g/mol. The normalized spacial score (nSPS) is 17.3. The van der Waals surface area contributed by atoms with Crippen LogP contribution in [-0.4, -0.2) is 52.5 Å². The number of carbonyl (C=O) groups excluding carboxylic acids is 1. The third kappa shape index (κ3) is 5.08. The molecule has 0 spiro atoms. The van der Waals surface area contributed by atoms with E-state index in [-0.39, 0.29) is 15.5 Å². The largest absolute Gasteiger partial charge is 0.338 e. The maximum absolute atomic E-state index is 12.7. The van der Waals surface area contributed by atoms with Crippen molar-refractivity contribution in [3.63, 3.8) is 0 Å². The number of carbonyl (C=O) groups is 1. The fourth-order valence-electron chi connectivity index (χ4n) is 3.65. The molecule has 0 aliphatic carbocycles. The molecule has 3 rings (SSSR count). The number of sulfone groups is 1. The van der Waals surface area contributed by atoms with Gasteiger partial charge in [-0.25, -0.2) is 21.6 Å². The van der Waals surface area contributed by atoms with E-state index in [0.29, 0.717) is 24.9 Å².